The Morgan fingerprint density at radius 2 is 1.19 bits per heavy atom. The van der Waals surface area contributed by atoms with Crippen LogP contribution in [-0.2, 0) is 4.79 Å². The third-order valence-electron chi connectivity index (χ3n) is 5.04. The Labute approximate surface area is 193 Å². The number of nitrogens with one attached hydrogen (secondary N) is 1. The van der Waals surface area contributed by atoms with Crippen molar-refractivity contribution >= 4 is 35.5 Å². The minimum absolute atomic E-state index is 0. The van der Waals surface area contributed by atoms with Crippen LogP contribution in [0.5, 0.6) is 0 Å². The average Bonchev–Trinajstić information content (AvgIpc) is 2.58. The van der Waals surface area contributed by atoms with E-state index in [1.165, 1.54) is 77.0 Å². The fourth-order valence-corrected chi connectivity index (χ4v) is 3.32. The van der Waals surface area contributed by atoms with Crippen LogP contribution in [0.3, 0.4) is 0 Å². The summed E-state index contributed by atoms with van der Waals surface area (Å²) in [6, 6.07) is 0. The van der Waals surface area contributed by atoms with Crippen molar-refractivity contribution in [1.82, 2.24) is 10.2 Å². The number of hydrogen-bond donors (Lipinski definition) is 1. The van der Waals surface area contributed by atoms with Crippen LogP contribution in [0.4, 0.5) is 0 Å². The summed E-state index contributed by atoms with van der Waals surface area (Å²) in [6.07, 6.45) is 19.4. The molecule has 4 heteroatoms. The summed E-state index contributed by atoms with van der Waals surface area (Å²) in [5, 5.41) is 3.02. The summed E-state index contributed by atoms with van der Waals surface area (Å²) in [4.78, 5) is 13.9. The molecule has 3 nitrogen and oxygen atoms in total. The molecule has 1 amide bonds. The minimum Gasteiger partial charge on any atom is -0.356 e. The number of rotatable bonds is 19. The summed E-state index contributed by atoms with van der Waals surface area (Å²) >= 11 is 0. The molecule has 0 unspecified atom stereocenters. The molecule has 0 atom stereocenters. The zero-order valence-corrected chi connectivity index (χ0v) is 21.5. The molecule has 0 aromatic carbocycles. The van der Waals surface area contributed by atoms with Crippen LogP contribution in [-0.4, -0.2) is 67.5 Å². The first kappa shape index (κ1) is 29.6. The monoisotopic (exact) mass is 391 g/mol. The van der Waals surface area contributed by atoms with Gasteiger partial charge >= 0.3 is 0 Å². The van der Waals surface area contributed by atoms with Crippen LogP contribution in [0.2, 0.25) is 0 Å². The van der Waals surface area contributed by atoms with Crippen molar-refractivity contribution in [3.8, 4) is 0 Å². The van der Waals surface area contributed by atoms with E-state index in [1.54, 1.807) is 0 Å². The van der Waals surface area contributed by atoms with Gasteiger partial charge in [-0.3, -0.25) is 4.79 Å². The van der Waals surface area contributed by atoms with Gasteiger partial charge in [0.1, 0.15) is 0 Å². The summed E-state index contributed by atoms with van der Waals surface area (Å²) in [5.74, 6) is 1.11. The molecule has 0 fully saturated rings. The molecule has 0 saturated carbocycles. The smallest absolute Gasteiger partial charge is 0.219 e. The van der Waals surface area contributed by atoms with Gasteiger partial charge in [0.15, 0.2) is 0 Å². The van der Waals surface area contributed by atoms with E-state index in [9.17, 15) is 4.79 Å². The van der Waals surface area contributed by atoms with Crippen LogP contribution in [0, 0.1) is 5.92 Å². The van der Waals surface area contributed by atoms with E-state index in [0.717, 1.165) is 31.8 Å². The third-order valence-corrected chi connectivity index (χ3v) is 5.04. The number of nitrogens with zero attached hydrogens (tertiary/aromatic N) is 1. The predicted octanol–water partition coefficient (Wildman–Crippen LogP) is 5.79. The van der Waals surface area contributed by atoms with E-state index in [0.29, 0.717) is 6.42 Å². The summed E-state index contributed by atoms with van der Waals surface area (Å²) in [5.41, 5.74) is 0. The van der Waals surface area contributed by atoms with Crippen molar-refractivity contribution in [3.63, 3.8) is 0 Å². The molecular weight excluding hydrogens is 343 g/mol. The van der Waals surface area contributed by atoms with E-state index in [2.05, 4.69) is 38.2 Å². The van der Waals surface area contributed by atoms with Gasteiger partial charge in [0.05, 0.1) is 0 Å². The molecule has 0 aromatic heterocycles. The first-order chi connectivity index (χ1) is 12.5. The Bertz CT molecular complexity index is 309. The second-order valence-electron chi connectivity index (χ2n) is 8.68. The van der Waals surface area contributed by atoms with Crippen molar-refractivity contribution in [1.29, 1.82) is 0 Å². The minimum atomic E-state index is 0. The Morgan fingerprint density at radius 1 is 0.741 bits per heavy atom. The Morgan fingerprint density at radius 3 is 1.63 bits per heavy atom. The zero-order valence-electron chi connectivity index (χ0n) is 19.5. The molecule has 27 heavy (non-hydrogen) atoms. The van der Waals surface area contributed by atoms with Gasteiger partial charge in [-0.1, -0.05) is 90.9 Å². The van der Waals surface area contributed by atoms with Crippen LogP contribution in [0.1, 0.15) is 110 Å². The molecule has 0 saturated heterocycles. The quantitative estimate of drug-likeness (QED) is 0.223. The Kier molecular flexibility index (Phi) is 24.9. The van der Waals surface area contributed by atoms with Crippen LogP contribution in [0.15, 0.2) is 0 Å². The average molecular weight is 392 g/mol. The molecule has 0 bridgehead atoms. The molecule has 0 spiro atoms. The van der Waals surface area contributed by atoms with E-state index in [1.807, 2.05) is 0 Å². The Balaban J connectivity index is 0. The van der Waals surface area contributed by atoms with Gasteiger partial charge in [-0.05, 0) is 39.4 Å². The summed E-state index contributed by atoms with van der Waals surface area (Å²) < 4.78 is 0. The van der Waals surface area contributed by atoms with Crippen LogP contribution < -0.4 is 5.32 Å². The van der Waals surface area contributed by atoms with E-state index >= 15 is 0 Å². The normalized spacial score (nSPS) is 11.0. The van der Waals surface area contributed by atoms with Crippen molar-refractivity contribution < 1.29 is 4.79 Å². The maximum Gasteiger partial charge on any atom is 0.219 e. The molecule has 1 radical (unpaired) electrons. The molecule has 0 aliphatic carbocycles. The molecule has 1 N–H and O–H groups in total. The SMILES string of the molecule is CC(C)CCCCCCCCCCCCCCC(=O)NCCCN(C)C.[Na]. The maximum absolute atomic E-state index is 11.7. The summed E-state index contributed by atoms with van der Waals surface area (Å²) in [6.45, 7) is 6.50. The topological polar surface area (TPSA) is 32.3 Å². The van der Waals surface area contributed by atoms with E-state index in [4.69, 9.17) is 0 Å². The van der Waals surface area contributed by atoms with E-state index in [-0.39, 0.29) is 35.5 Å². The van der Waals surface area contributed by atoms with Crippen LogP contribution >= 0.6 is 0 Å². The van der Waals surface area contributed by atoms with Gasteiger partial charge in [-0.2, -0.15) is 0 Å². The number of hydrogen-bond acceptors (Lipinski definition) is 2. The van der Waals surface area contributed by atoms with Crippen molar-refractivity contribution in [2.45, 2.75) is 110 Å². The fraction of sp³-hybridized carbons (Fsp3) is 0.957. The zero-order chi connectivity index (χ0) is 19.5. The van der Waals surface area contributed by atoms with Crippen molar-refractivity contribution in [2.24, 2.45) is 5.92 Å². The second-order valence-corrected chi connectivity index (χ2v) is 8.68. The fourth-order valence-electron chi connectivity index (χ4n) is 3.32. The first-order valence-electron chi connectivity index (χ1n) is 11.4. The van der Waals surface area contributed by atoms with Gasteiger partial charge in [0.25, 0.3) is 0 Å². The molecule has 0 rings (SSSR count). The maximum atomic E-state index is 11.7. The molecular formula is C23H48N2NaO. The molecule has 157 valence electrons. The predicted molar refractivity (Wildman–Crippen MR) is 121 cm³/mol. The second kappa shape index (κ2) is 22.7. The molecule has 0 aliphatic rings. The van der Waals surface area contributed by atoms with Crippen molar-refractivity contribution in [2.75, 3.05) is 27.2 Å². The van der Waals surface area contributed by atoms with Gasteiger partial charge in [0, 0.05) is 42.5 Å². The largest absolute Gasteiger partial charge is 0.356 e. The van der Waals surface area contributed by atoms with Crippen molar-refractivity contribution in [3.05, 3.63) is 0 Å². The number of carbonyl (C=O) groups is 1. The molecule has 0 aliphatic heterocycles. The van der Waals surface area contributed by atoms with Crippen LogP contribution in [0.25, 0.3) is 0 Å². The van der Waals surface area contributed by atoms with Gasteiger partial charge in [-0.15, -0.1) is 0 Å². The Hall–Kier alpha value is 0.430. The molecule has 0 heterocycles. The van der Waals surface area contributed by atoms with Gasteiger partial charge in [-0.25, -0.2) is 0 Å². The number of carbonyl (C=O) groups excluding carboxylic acids is 1. The third kappa shape index (κ3) is 26.4. The first-order valence-corrected chi connectivity index (χ1v) is 11.4. The van der Waals surface area contributed by atoms with E-state index < -0.39 is 0 Å². The molecule has 0 aromatic rings. The van der Waals surface area contributed by atoms with Gasteiger partial charge in [0.2, 0.25) is 5.91 Å². The number of unbranched alkanes of at least 4 members (excludes halogenated alkanes) is 11. The standard InChI is InChI=1S/C23H48N2O.Na/c1-22(2)18-15-13-11-9-7-5-6-8-10-12-14-16-19-23(26)24-20-17-21-25(3)4;/h22H,5-21H2,1-4H3,(H,24,26);. The number of amides is 1. The van der Waals surface area contributed by atoms with Gasteiger partial charge < -0.3 is 10.2 Å². The summed E-state index contributed by atoms with van der Waals surface area (Å²) in [7, 11) is 4.13.